The Morgan fingerprint density at radius 3 is 2.24 bits per heavy atom. The molecule has 6 heteroatoms. The number of nitrogens with one attached hydrogen (secondary N) is 1. The fourth-order valence-corrected chi connectivity index (χ4v) is 6.32. The van der Waals surface area contributed by atoms with Crippen molar-refractivity contribution in [2.75, 3.05) is 20.8 Å². The van der Waals surface area contributed by atoms with E-state index in [2.05, 4.69) is 12.2 Å². The number of amides is 1. The fourth-order valence-electron chi connectivity index (χ4n) is 6.32. The van der Waals surface area contributed by atoms with Gasteiger partial charge in [-0.15, -0.1) is 0 Å². The Morgan fingerprint density at radius 1 is 1.07 bits per heavy atom. The molecule has 1 atom stereocenters. The van der Waals surface area contributed by atoms with Gasteiger partial charge in [-0.3, -0.25) is 4.79 Å². The fraction of sp³-hybridized carbons (Fsp3) is 0.652. The van der Waals surface area contributed by atoms with Gasteiger partial charge in [0.15, 0.2) is 6.61 Å². The first-order chi connectivity index (χ1) is 13.9. The number of carbonyl (C=O) groups is 2. The number of rotatable bonds is 7. The minimum absolute atomic E-state index is 0.109. The van der Waals surface area contributed by atoms with Crippen LogP contribution in [0.3, 0.4) is 0 Å². The second-order valence-electron chi connectivity index (χ2n) is 9.21. The third-order valence-corrected chi connectivity index (χ3v) is 7.34. The average molecular weight is 402 g/mol. The van der Waals surface area contributed by atoms with E-state index in [-0.39, 0.29) is 29.5 Å². The van der Waals surface area contributed by atoms with Crippen LogP contribution in [-0.4, -0.2) is 38.7 Å². The second kappa shape index (κ2) is 7.88. The van der Waals surface area contributed by atoms with Crippen molar-refractivity contribution in [2.24, 2.45) is 23.2 Å². The van der Waals surface area contributed by atoms with Crippen molar-refractivity contribution in [1.29, 1.82) is 0 Å². The van der Waals surface area contributed by atoms with Crippen molar-refractivity contribution in [3.05, 3.63) is 23.8 Å². The predicted molar refractivity (Wildman–Crippen MR) is 108 cm³/mol. The number of methoxy groups -OCH3 is 2. The van der Waals surface area contributed by atoms with Crippen molar-refractivity contribution in [3.63, 3.8) is 0 Å². The van der Waals surface area contributed by atoms with E-state index < -0.39 is 5.97 Å². The van der Waals surface area contributed by atoms with E-state index in [9.17, 15) is 9.59 Å². The zero-order valence-electron chi connectivity index (χ0n) is 17.5. The molecule has 4 fully saturated rings. The van der Waals surface area contributed by atoms with Crippen LogP contribution in [0.5, 0.6) is 11.5 Å². The maximum absolute atomic E-state index is 12.5. The summed E-state index contributed by atoms with van der Waals surface area (Å²) < 4.78 is 15.6. The third-order valence-electron chi connectivity index (χ3n) is 7.34. The molecule has 4 saturated carbocycles. The van der Waals surface area contributed by atoms with Gasteiger partial charge in [-0.2, -0.15) is 0 Å². The van der Waals surface area contributed by atoms with Crippen molar-refractivity contribution < 1.29 is 23.8 Å². The van der Waals surface area contributed by atoms with Crippen LogP contribution in [0.1, 0.15) is 55.8 Å². The van der Waals surface area contributed by atoms with Gasteiger partial charge in [0.25, 0.3) is 5.91 Å². The first-order valence-electron chi connectivity index (χ1n) is 10.6. The van der Waals surface area contributed by atoms with Gasteiger partial charge in [0, 0.05) is 12.1 Å². The molecular weight excluding hydrogens is 370 g/mol. The molecule has 4 aliphatic carbocycles. The highest BCUT2D eigenvalue weighted by atomic mass is 16.5. The van der Waals surface area contributed by atoms with Crippen molar-refractivity contribution in [1.82, 2.24) is 5.32 Å². The van der Waals surface area contributed by atoms with Crippen LogP contribution in [0.25, 0.3) is 0 Å². The van der Waals surface area contributed by atoms with Crippen molar-refractivity contribution in [2.45, 2.75) is 51.5 Å². The summed E-state index contributed by atoms with van der Waals surface area (Å²) in [6.45, 7) is 1.84. The highest BCUT2D eigenvalue weighted by Gasteiger charge is 2.53. The second-order valence-corrected chi connectivity index (χ2v) is 9.21. The Hall–Kier alpha value is -2.24. The van der Waals surface area contributed by atoms with E-state index in [1.807, 2.05) is 0 Å². The lowest BCUT2D eigenvalue weighted by atomic mass is 9.48. The summed E-state index contributed by atoms with van der Waals surface area (Å²) in [5, 5.41) is 3.12. The lowest BCUT2D eigenvalue weighted by molar-refractivity contribution is -0.128. The average Bonchev–Trinajstić information content (AvgIpc) is 2.70. The Bertz CT molecular complexity index is 754. The first kappa shape index (κ1) is 20.0. The molecule has 1 N–H and O–H groups in total. The molecule has 4 bridgehead atoms. The summed E-state index contributed by atoms with van der Waals surface area (Å²) in [6, 6.07) is 4.97. The van der Waals surface area contributed by atoms with E-state index in [0.29, 0.717) is 11.5 Å². The van der Waals surface area contributed by atoms with Gasteiger partial charge in [-0.25, -0.2) is 4.79 Å². The molecule has 0 saturated heterocycles. The van der Waals surface area contributed by atoms with Crippen LogP contribution in [-0.2, 0) is 9.53 Å². The number of ether oxygens (including phenoxy) is 3. The lowest BCUT2D eigenvalue weighted by Crippen LogP contribution is -2.56. The number of benzene rings is 1. The predicted octanol–water partition coefficient (Wildman–Crippen LogP) is 3.58. The quantitative estimate of drug-likeness (QED) is 0.707. The standard InChI is InChI=1S/C23H31NO5/c1-14(23-10-15-6-16(11-23)8-17(7-15)12-23)24-21(25)13-29-22(26)19-5-4-18(27-2)9-20(19)28-3/h4-5,9,14-17H,6-8,10-13H2,1-3H3,(H,24,25). The number of esters is 1. The molecule has 0 radical (unpaired) electrons. The molecule has 0 spiro atoms. The number of carbonyl (C=O) groups excluding carboxylic acids is 2. The maximum Gasteiger partial charge on any atom is 0.342 e. The van der Waals surface area contributed by atoms with E-state index in [4.69, 9.17) is 14.2 Å². The molecule has 0 aromatic heterocycles. The molecule has 0 aliphatic heterocycles. The third kappa shape index (κ3) is 3.94. The highest BCUT2D eigenvalue weighted by Crippen LogP contribution is 2.61. The lowest BCUT2D eigenvalue weighted by Gasteiger charge is -2.59. The van der Waals surface area contributed by atoms with Crippen molar-refractivity contribution in [3.8, 4) is 11.5 Å². The summed E-state index contributed by atoms with van der Waals surface area (Å²) >= 11 is 0. The Morgan fingerprint density at radius 2 is 1.69 bits per heavy atom. The Balaban J connectivity index is 1.33. The molecule has 5 rings (SSSR count). The van der Waals surface area contributed by atoms with Gasteiger partial charge in [0.05, 0.1) is 14.2 Å². The van der Waals surface area contributed by atoms with Crippen molar-refractivity contribution >= 4 is 11.9 Å². The smallest absolute Gasteiger partial charge is 0.342 e. The van der Waals surface area contributed by atoms with E-state index in [1.54, 1.807) is 25.3 Å². The largest absolute Gasteiger partial charge is 0.497 e. The van der Waals surface area contributed by atoms with E-state index >= 15 is 0 Å². The minimum atomic E-state index is -0.581. The Kier molecular flexibility index (Phi) is 5.45. The number of hydrogen-bond acceptors (Lipinski definition) is 5. The van der Waals surface area contributed by atoms with Crippen LogP contribution in [0, 0.1) is 23.2 Å². The summed E-state index contributed by atoms with van der Waals surface area (Å²) in [6.07, 6.45) is 7.81. The van der Waals surface area contributed by atoms with Gasteiger partial charge < -0.3 is 19.5 Å². The normalized spacial score (nSPS) is 30.5. The van der Waals surface area contributed by atoms with Gasteiger partial charge in [0.2, 0.25) is 0 Å². The Labute approximate surface area is 172 Å². The summed E-state index contributed by atoms with van der Waals surface area (Å²) in [4.78, 5) is 24.9. The van der Waals surface area contributed by atoms with E-state index in [0.717, 1.165) is 17.8 Å². The zero-order valence-corrected chi connectivity index (χ0v) is 17.5. The maximum atomic E-state index is 12.5. The molecule has 1 unspecified atom stereocenters. The molecule has 29 heavy (non-hydrogen) atoms. The molecule has 1 aromatic rings. The first-order valence-corrected chi connectivity index (χ1v) is 10.6. The highest BCUT2D eigenvalue weighted by molar-refractivity contribution is 5.94. The molecule has 4 aliphatic rings. The molecule has 6 nitrogen and oxygen atoms in total. The summed E-state index contributed by atoms with van der Waals surface area (Å²) in [5.41, 5.74) is 0.503. The monoisotopic (exact) mass is 401 g/mol. The summed E-state index contributed by atoms with van der Waals surface area (Å²) in [7, 11) is 3.02. The topological polar surface area (TPSA) is 73.9 Å². The van der Waals surface area contributed by atoms with Crippen LogP contribution in [0.15, 0.2) is 18.2 Å². The minimum Gasteiger partial charge on any atom is -0.497 e. The van der Waals surface area contributed by atoms with Crippen LogP contribution in [0.2, 0.25) is 0 Å². The molecule has 1 amide bonds. The van der Waals surface area contributed by atoms with Crippen LogP contribution in [0.4, 0.5) is 0 Å². The number of hydrogen-bond donors (Lipinski definition) is 1. The molecular formula is C23H31NO5. The SMILES string of the molecule is COc1ccc(C(=O)OCC(=O)NC(C)C23CC4CC(CC(C4)C2)C3)c(OC)c1. The molecule has 1 aromatic carbocycles. The van der Waals surface area contributed by atoms with E-state index in [1.165, 1.54) is 45.6 Å². The zero-order chi connectivity index (χ0) is 20.6. The molecule has 0 heterocycles. The van der Waals surface area contributed by atoms with Gasteiger partial charge in [-0.1, -0.05) is 0 Å². The van der Waals surface area contributed by atoms with Crippen LogP contribution >= 0.6 is 0 Å². The summed E-state index contributed by atoms with van der Waals surface area (Å²) in [5.74, 6) is 2.62. The van der Waals surface area contributed by atoms with Gasteiger partial charge in [0.1, 0.15) is 17.1 Å². The van der Waals surface area contributed by atoms with Gasteiger partial charge >= 0.3 is 5.97 Å². The van der Waals surface area contributed by atoms with Crippen LogP contribution < -0.4 is 14.8 Å². The molecule has 158 valence electrons. The van der Waals surface area contributed by atoms with Gasteiger partial charge in [-0.05, 0) is 80.8 Å².